The van der Waals surface area contributed by atoms with Gasteiger partial charge in [0.1, 0.15) is 23.9 Å². The molecule has 0 radical (unpaired) electrons. The molecule has 59 heavy (non-hydrogen) atoms. The van der Waals surface area contributed by atoms with Crippen molar-refractivity contribution in [1.82, 2.24) is 34.8 Å². The minimum absolute atomic E-state index is 0.00960. The second kappa shape index (κ2) is 15.4. The van der Waals surface area contributed by atoms with E-state index in [1.54, 1.807) is 31.3 Å². The number of aryl methyl sites for hydroxylation is 1. The summed E-state index contributed by atoms with van der Waals surface area (Å²) in [7, 11) is -0.688. The number of nitrogens with one attached hydrogen (secondary N) is 3. The van der Waals surface area contributed by atoms with Crippen LogP contribution < -0.4 is 15.4 Å². The highest BCUT2D eigenvalue weighted by Gasteiger charge is 2.57. The van der Waals surface area contributed by atoms with Gasteiger partial charge in [0.25, 0.3) is 5.92 Å². The van der Waals surface area contributed by atoms with Crippen LogP contribution >= 0.6 is 11.3 Å². The van der Waals surface area contributed by atoms with Gasteiger partial charge in [-0.2, -0.15) is 32.1 Å². The van der Waals surface area contributed by atoms with Crippen molar-refractivity contribution >= 4 is 59.5 Å². The Morgan fingerprint density at radius 3 is 2.42 bits per heavy atom. The summed E-state index contributed by atoms with van der Waals surface area (Å²) in [6, 6.07) is 7.97. The molecule has 3 atom stereocenters. The number of amides is 1. The van der Waals surface area contributed by atoms with E-state index in [4.69, 9.17) is 9.72 Å². The van der Waals surface area contributed by atoms with Crippen LogP contribution in [0.3, 0.4) is 0 Å². The first-order chi connectivity index (χ1) is 27.7. The number of halogens is 7. The number of thiazole rings is 1. The molecule has 1 aliphatic rings. The number of aromatic nitrogens is 6. The fourth-order valence-corrected chi connectivity index (χ4v) is 8.79. The normalized spacial score (nSPS) is 17.1. The first-order valence-electron chi connectivity index (χ1n) is 17.9. The molecule has 13 nitrogen and oxygen atoms in total. The molecule has 0 bridgehead atoms. The number of pyridine rings is 1. The summed E-state index contributed by atoms with van der Waals surface area (Å²) in [5.74, 6) is -9.48. The molecule has 4 aromatic heterocycles. The Hall–Kier alpha value is -5.35. The highest BCUT2D eigenvalue weighted by molar-refractivity contribution is 7.92. The van der Waals surface area contributed by atoms with Crippen molar-refractivity contribution in [3.63, 3.8) is 0 Å². The van der Waals surface area contributed by atoms with Crippen LogP contribution in [-0.4, -0.2) is 70.4 Å². The predicted molar refractivity (Wildman–Crippen MR) is 206 cm³/mol. The summed E-state index contributed by atoms with van der Waals surface area (Å²) in [4.78, 5) is 23.4. The lowest BCUT2D eigenvalue weighted by Gasteiger charge is -2.23. The number of sulfonamides is 1. The molecule has 0 saturated carbocycles. The molecule has 7 rings (SSSR count). The number of ether oxygens (including phenoxy) is 1. The summed E-state index contributed by atoms with van der Waals surface area (Å²) < 4.78 is 137. The average Bonchev–Trinajstić information content (AvgIpc) is 3.85. The Labute approximate surface area is 336 Å². The first-order valence-corrected chi connectivity index (χ1v) is 20.7. The van der Waals surface area contributed by atoms with Gasteiger partial charge in [-0.3, -0.25) is 18.9 Å². The van der Waals surface area contributed by atoms with E-state index in [0.717, 1.165) is 25.3 Å². The van der Waals surface area contributed by atoms with Crippen LogP contribution in [0.1, 0.15) is 54.0 Å². The smallest absolute Gasteiger partial charge is 0.383 e. The van der Waals surface area contributed by atoms with Gasteiger partial charge in [0.05, 0.1) is 34.8 Å². The predicted octanol–water partition coefficient (Wildman–Crippen LogP) is 7.11. The van der Waals surface area contributed by atoms with E-state index >= 15 is 8.78 Å². The maximum Gasteiger partial charge on any atom is 0.435 e. The standard InChI is InChI=1S/C37H36F7N9O4S2/c1-17-18(2)36(40,41)32-28(17)31(37(42,43)44)49-53(32)16-27(54)46-25(13-19-11-20(38)14-21(39)12-19)29-24(15-26-34(47-29)48-35(58-26)45-9-10-57-4)22-7-6-8-23-30(22)52(3)50-33(23)51-59(5,55)56/h6-8,11-12,14-15,17-18,25H,9-10,13,16H2,1-5H3,(H,46,54)(H,50,51)(H,45,47,48)/t17-,18+,25-/m0/s1. The zero-order valence-electron chi connectivity index (χ0n) is 31.9. The molecule has 0 saturated heterocycles. The molecule has 0 spiro atoms. The molecule has 1 aliphatic carbocycles. The van der Waals surface area contributed by atoms with Crippen LogP contribution in [0.2, 0.25) is 0 Å². The van der Waals surface area contributed by atoms with Gasteiger partial charge in [-0.25, -0.2) is 27.2 Å². The third-order valence-corrected chi connectivity index (χ3v) is 11.6. The summed E-state index contributed by atoms with van der Waals surface area (Å²) >= 11 is 1.22. The van der Waals surface area contributed by atoms with E-state index in [2.05, 4.69) is 30.5 Å². The Balaban J connectivity index is 1.40. The van der Waals surface area contributed by atoms with Gasteiger partial charge in [-0.1, -0.05) is 37.3 Å². The van der Waals surface area contributed by atoms with Crippen molar-refractivity contribution in [2.45, 2.75) is 50.9 Å². The van der Waals surface area contributed by atoms with Gasteiger partial charge >= 0.3 is 6.18 Å². The van der Waals surface area contributed by atoms with Crippen LogP contribution in [0.4, 0.5) is 41.7 Å². The molecule has 2 aromatic carbocycles. The summed E-state index contributed by atoms with van der Waals surface area (Å²) in [6.45, 7) is 2.00. The number of methoxy groups -OCH3 is 1. The number of nitrogens with zero attached hydrogens (tertiary/aromatic N) is 6. The molecule has 3 N–H and O–H groups in total. The number of para-hydroxylation sites is 1. The fraction of sp³-hybridized carbons (Fsp3) is 0.378. The van der Waals surface area contributed by atoms with E-state index in [1.807, 2.05) is 0 Å². The lowest BCUT2D eigenvalue weighted by atomic mass is 9.94. The zero-order chi connectivity index (χ0) is 42.8. The number of rotatable bonds is 13. The first kappa shape index (κ1) is 41.8. The van der Waals surface area contributed by atoms with Gasteiger partial charge in [-0.15, -0.1) is 0 Å². The quantitative estimate of drug-likeness (QED) is 0.0813. The maximum absolute atomic E-state index is 15.6. The SMILES string of the molecule is COCCNc1nc2nc([C@H](Cc3cc(F)cc(F)c3)NC(=O)Cn3nc(C(F)(F)F)c4c3C(F)(F)[C@H](C)[C@@H]4C)c(-c3cccc4c(NS(C)(=O)=O)nn(C)c34)cc2s1. The molecule has 314 valence electrons. The molecule has 0 fully saturated rings. The molecule has 6 aromatic rings. The van der Waals surface area contributed by atoms with E-state index < -0.39 is 81.0 Å². The Morgan fingerprint density at radius 1 is 1.05 bits per heavy atom. The minimum atomic E-state index is -5.10. The van der Waals surface area contributed by atoms with Crippen molar-refractivity contribution in [3.8, 4) is 11.1 Å². The molecule has 1 amide bonds. The third-order valence-electron chi connectivity index (χ3n) is 10.1. The zero-order valence-corrected chi connectivity index (χ0v) is 33.5. The largest absolute Gasteiger partial charge is 0.435 e. The van der Waals surface area contributed by atoms with E-state index in [-0.39, 0.29) is 29.1 Å². The van der Waals surface area contributed by atoms with Crippen LogP contribution in [0.5, 0.6) is 0 Å². The van der Waals surface area contributed by atoms with E-state index in [1.165, 1.54) is 30.1 Å². The van der Waals surface area contributed by atoms with Crippen molar-refractivity contribution in [3.05, 3.63) is 82.3 Å². The summed E-state index contributed by atoms with van der Waals surface area (Å²) in [5.41, 5.74) is -1.83. The number of carbonyl (C=O) groups excluding carboxylic acids is 1. The topological polar surface area (TPSA) is 158 Å². The number of benzene rings is 2. The lowest BCUT2D eigenvalue weighted by Crippen LogP contribution is -2.35. The second-order valence-corrected chi connectivity index (χ2v) is 17.1. The van der Waals surface area contributed by atoms with E-state index in [9.17, 15) is 35.2 Å². The molecule has 4 heterocycles. The molecule has 0 aliphatic heterocycles. The van der Waals surface area contributed by atoms with Crippen molar-refractivity contribution in [2.24, 2.45) is 13.0 Å². The molecular weight excluding hydrogens is 832 g/mol. The average molecular weight is 868 g/mol. The van der Waals surface area contributed by atoms with Crippen molar-refractivity contribution in [2.75, 3.05) is 36.6 Å². The number of carbonyl (C=O) groups is 1. The van der Waals surface area contributed by atoms with Crippen molar-refractivity contribution < 1.29 is 48.7 Å². The monoisotopic (exact) mass is 867 g/mol. The number of hydrogen-bond acceptors (Lipinski definition) is 10. The lowest BCUT2D eigenvalue weighted by molar-refractivity contribution is -0.143. The molecular formula is C37H36F7N9O4S2. The van der Waals surface area contributed by atoms with Crippen LogP contribution in [0, 0.1) is 17.6 Å². The molecule has 22 heteroatoms. The second-order valence-electron chi connectivity index (χ2n) is 14.3. The number of anilines is 2. The minimum Gasteiger partial charge on any atom is -0.383 e. The van der Waals surface area contributed by atoms with Crippen LogP contribution in [0.15, 0.2) is 42.5 Å². The van der Waals surface area contributed by atoms with Gasteiger partial charge in [0.15, 0.2) is 22.3 Å². The molecule has 0 unspecified atom stereocenters. The fourth-order valence-electron chi connectivity index (χ4n) is 7.42. The highest BCUT2D eigenvalue weighted by atomic mass is 32.2. The maximum atomic E-state index is 15.6. The Bertz CT molecular complexity index is 2700. The summed E-state index contributed by atoms with van der Waals surface area (Å²) in [6.07, 6.45) is -4.50. The third kappa shape index (κ3) is 8.16. The highest BCUT2D eigenvalue weighted by Crippen LogP contribution is 2.55. The number of hydrogen-bond donors (Lipinski definition) is 3. The van der Waals surface area contributed by atoms with Gasteiger partial charge < -0.3 is 15.4 Å². The Kier molecular flexibility index (Phi) is 10.9. The number of alkyl halides is 5. The van der Waals surface area contributed by atoms with Crippen LogP contribution in [-0.2, 0) is 51.7 Å². The summed E-state index contributed by atoms with van der Waals surface area (Å²) in [5, 5.41) is 14.5. The van der Waals surface area contributed by atoms with Crippen LogP contribution in [0.25, 0.3) is 32.4 Å². The Morgan fingerprint density at radius 2 is 1.76 bits per heavy atom. The van der Waals surface area contributed by atoms with E-state index in [0.29, 0.717) is 55.8 Å². The van der Waals surface area contributed by atoms with Crippen molar-refractivity contribution in [1.29, 1.82) is 0 Å². The van der Waals surface area contributed by atoms with Gasteiger partial charge in [-0.05, 0) is 42.2 Å². The van der Waals surface area contributed by atoms with Gasteiger partial charge in [0, 0.05) is 54.8 Å². The van der Waals surface area contributed by atoms with Gasteiger partial charge in [0.2, 0.25) is 15.9 Å². The number of fused-ring (bicyclic) bond motifs is 3.